The summed E-state index contributed by atoms with van der Waals surface area (Å²) >= 11 is 0. The molecule has 0 aromatic heterocycles. The SMILES string of the molecule is CCCCC/C=C\C/C=C\C/C=C\CCCCCCCCC(=O)NC(COC1OC(CO)C(OC2OC(CO)C(O)C(O)C2O)C(O)C1O)C(O)/C=C/CC/C=C/CCCCCCCCCCCCCCC. The van der Waals surface area contributed by atoms with Gasteiger partial charge in [-0.05, 0) is 70.6 Å². The van der Waals surface area contributed by atoms with E-state index in [4.69, 9.17) is 18.9 Å². The summed E-state index contributed by atoms with van der Waals surface area (Å²) in [5.74, 6) is -0.263. The highest BCUT2D eigenvalue weighted by Gasteiger charge is 2.51. The minimum absolute atomic E-state index is 0.257. The number of hydrogen-bond donors (Lipinski definition) is 9. The lowest BCUT2D eigenvalue weighted by Gasteiger charge is -2.46. The van der Waals surface area contributed by atoms with Gasteiger partial charge in [-0.3, -0.25) is 4.79 Å². The third-order valence-electron chi connectivity index (χ3n) is 13.7. The molecule has 418 valence electrons. The molecule has 0 radical (unpaired) electrons. The lowest BCUT2D eigenvalue weighted by atomic mass is 9.97. The van der Waals surface area contributed by atoms with Crippen LogP contribution in [0.4, 0.5) is 0 Å². The Labute approximate surface area is 435 Å². The van der Waals surface area contributed by atoms with Gasteiger partial charge in [-0.2, -0.15) is 0 Å². The number of aliphatic hydroxyl groups is 8. The quantitative estimate of drug-likeness (QED) is 0.0205. The van der Waals surface area contributed by atoms with E-state index >= 15 is 0 Å². The van der Waals surface area contributed by atoms with Gasteiger partial charge in [0.2, 0.25) is 5.91 Å². The molecule has 0 saturated carbocycles. The van der Waals surface area contributed by atoms with Gasteiger partial charge in [0.15, 0.2) is 12.6 Å². The van der Waals surface area contributed by atoms with Crippen molar-refractivity contribution in [1.29, 1.82) is 0 Å². The highest BCUT2D eigenvalue weighted by molar-refractivity contribution is 5.76. The van der Waals surface area contributed by atoms with Crippen LogP contribution < -0.4 is 5.32 Å². The molecule has 14 nitrogen and oxygen atoms in total. The lowest BCUT2D eigenvalue weighted by Crippen LogP contribution is -2.65. The lowest BCUT2D eigenvalue weighted by molar-refractivity contribution is -0.359. The van der Waals surface area contributed by atoms with E-state index in [0.29, 0.717) is 12.8 Å². The third-order valence-corrected chi connectivity index (χ3v) is 13.7. The fraction of sp³-hybridized carbons (Fsp3) is 0.810. The zero-order valence-electron chi connectivity index (χ0n) is 44.7. The Kier molecular flexibility index (Phi) is 40.1. The number of ether oxygens (including phenoxy) is 4. The Balaban J connectivity index is 1.83. The molecule has 0 spiro atoms. The molecule has 12 unspecified atom stereocenters. The molecule has 9 N–H and O–H groups in total. The maximum absolute atomic E-state index is 13.2. The van der Waals surface area contributed by atoms with Crippen molar-refractivity contribution in [3.63, 3.8) is 0 Å². The predicted octanol–water partition coefficient (Wildman–Crippen LogP) is 9.00. The molecular formula is C58H103NO13. The fourth-order valence-corrected chi connectivity index (χ4v) is 9.02. The smallest absolute Gasteiger partial charge is 0.220 e. The molecule has 12 atom stereocenters. The molecule has 0 aliphatic carbocycles. The van der Waals surface area contributed by atoms with Gasteiger partial charge in [0, 0.05) is 6.42 Å². The van der Waals surface area contributed by atoms with E-state index in [2.05, 4.69) is 67.8 Å². The van der Waals surface area contributed by atoms with Crippen LogP contribution in [0, 0.1) is 0 Å². The molecule has 2 aliphatic heterocycles. The first-order chi connectivity index (χ1) is 35.1. The van der Waals surface area contributed by atoms with E-state index in [9.17, 15) is 45.6 Å². The van der Waals surface area contributed by atoms with E-state index in [-0.39, 0.29) is 18.9 Å². The number of carbonyl (C=O) groups is 1. The Morgan fingerprint density at radius 3 is 1.49 bits per heavy atom. The van der Waals surface area contributed by atoms with Gasteiger partial charge in [-0.1, -0.05) is 190 Å². The van der Waals surface area contributed by atoms with E-state index in [1.54, 1.807) is 6.08 Å². The van der Waals surface area contributed by atoms with Crippen LogP contribution in [0.1, 0.15) is 206 Å². The van der Waals surface area contributed by atoms with Gasteiger partial charge in [0.05, 0.1) is 32.0 Å². The van der Waals surface area contributed by atoms with Gasteiger partial charge in [0.1, 0.15) is 48.8 Å². The number of unbranched alkanes of at least 4 members (excludes halogenated alkanes) is 23. The number of rotatable bonds is 44. The number of aliphatic hydroxyl groups excluding tert-OH is 8. The van der Waals surface area contributed by atoms with Crippen LogP contribution in [0.3, 0.4) is 0 Å². The minimum Gasteiger partial charge on any atom is -0.394 e. The number of hydrogen-bond acceptors (Lipinski definition) is 13. The molecule has 2 heterocycles. The van der Waals surface area contributed by atoms with Crippen LogP contribution in [0.15, 0.2) is 60.8 Å². The summed E-state index contributed by atoms with van der Waals surface area (Å²) in [7, 11) is 0. The fourth-order valence-electron chi connectivity index (χ4n) is 9.02. The summed E-state index contributed by atoms with van der Waals surface area (Å²) < 4.78 is 22.7. The zero-order valence-corrected chi connectivity index (χ0v) is 44.7. The van der Waals surface area contributed by atoms with Crippen molar-refractivity contribution in [2.75, 3.05) is 19.8 Å². The first kappa shape index (κ1) is 65.8. The van der Waals surface area contributed by atoms with Crippen LogP contribution in [0.2, 0.25) is 0 Å². The molecule has 2 aliphatic rings. The Hall–Kier alpha value is -2.31. The van der Waals surface area contributed by atoms with Gasteiger partial charge in [0.25, 0.3) is 0 Å². The van der Waals surface area contributed by atoms with Gasteiger partial charge < -0.3 is 65.1 Å². The topological polar surface area (TPSA) is 228 Å². The van der Waals surface area contributed by atoms with E-state index in [1.807, 2.05) is 6.08 Å². The normalized spacial score (nSPS) is 26.0. The molecule has 14 heteroatoms. The van der Waals surface area contributed by atoms with Gasteiger partial charge in [-0.25, -0.2) is 0 Å². The molecule has 0 aromatic rings. The van der Waals surface area contributed by atoms with Crippen LogP contribution in [-0.2, 0) is 23.7 Å². The third kappa shape index (κ3) is 29.7. The van der Waals surface area contributed by atoms with Crippen molar-refractivity contribution < 1.29 is 64.6 Å². The molecule has 2 saturated heterocycles. The molecule has 0 bridgehead atoms. The number of allylic oxidation sites excluding steroid dienone is 9. The van der Waals surface area contributed by atoms with Crippen LogP contribution in [0.25, 0.3) is 0 Å². The average Bonchev–Trinajstić information content (AvgIpc) is 3.38. The predicted molar refractivity (Wildman–Crippen MR) is 286 cm³/mol. The standard InChI is InChI=1S/C58H103NO13/c1-3-5-7-9-11-13-15-17-19-21-23-25-27-29-31-33-35-37-39-41-47(62)46(59-50(63)42-40-38-36-34-32-30-28-26-24-22-20-18-16-14-12-10-8-6-4-2)45-69-57-55(68)53(66)56(49(44-61)71-57)72-58-54(67)52(65)51(64)48(43-60)70-58/h12,14,18,20,24,26,31,33,39,41,46-49,51-58,60-62,64-68H,3-11,13,15-17,19,21-23,25,27-30,32,34-38,40,42-45H2,1-2H3,(H,59,63)/b14-12-,20-18-,26-24-,33-31+,41-39+. The van der Waals surface area contributed by atoms with E-state index < -0.39 is 86.8 Å². The summed E-state index contributed by atoms with van der Waals surface area (Å²) in [5.41, 5.74) is 0. The molecule has 0 aromatic carbocycles. The second kappa shape index (κ2) is 43.9. The number of nitrogens with one attached hydrogen (secondary N) is 1. The number of carbonyl (C=O) groups excluding carboxylic acids is 1. The Bertz CT molecular complexity index is 1440. The second-order valence-electron chi connectivity index (χ2n) is 20.1. The molecule has 1 amide bonds. The summed E-state index contributed by atoms with van der Waals surface area (Å²) in [6.07, 6.45) is 38.2. The van der Waals surface area contributed by atoms with Crippen LogP contribution >= 0.6 is 0 Å². The molecule has 2 rings (SSSR count). The van der Waals surface area contributed by atoms with E-state index in [0.717, 1.165) is 64.2 Å². The van der Waals surface area contributed by atoms with Crippen molar-refractivity contribution in [3.05, 3.63) is 60.8 Å². The van der Waals surface area contributed by atoms with Crippen molar-refractivity contribution in [2.24, 2.45) is 0 Å². The highest BCUT2D eigenvalue weighted by atomic mass is 16.7. The minimum atomic E-state index is -1.79. The molecular weight excluding hydrogens is 919 g/mol. The summed E-state index contributed by atoms with van der Waals surface area (Å²) in [6.45, 7) is 2.74. The Morgan fingerprint density at radius 2 is 0.931 bits per heavy atom. The maximum atomic E-state index is 13.2. The van der Waals surface area contributed by atoms with Crippen molar-refractivity contribution in [3.8, 4) is 0 Å². The van der Waals surface area contributed by atoms with Gasteiger partial charge >= 0.3 is 0 Å². The highest BCUT2D eigenvalue weighted by Crippen LogP contribution is 2.30. The van der Waals surface area contributed by atoms with E-state index in [1.165, 1.54) is 109 Å². The summed E-state index contributed by atoms with van der Waals surface area (Å²) in [5, 5.41) is 87.0. The maximum Gasteiger partial charge on any atom is 0.220 e. The van der Waals surface area contributed by atoms with Gasteiger partial charge in [-0.15, -0.1) is 0 Å². The monoisotopic (exact) mass is 1020 g/mol. The van der Waals surface area contributed by atoms with Crippen molar-refractivity contribution in [2.45, 2.75) is 280 Å². The molecule has 2 fully saturated rings. The van der Waals surface area contributed by atoms with Crippen LogP contribution in [0.5, 0.6) is 0 Å². The van der Waals surface area contributed by atoms with Crippen LogP contribution in [-0.4, -0.2) is 140 Å². The summed E-state index contributed by atoms with van der Waals surface area (Å²) in [4.78, 5) is 13.2. The second-order valence-corrected chi connectivity index (χ2v) is 20.1. The van der Waals surface area contributed by atoms with Crippen molar-refractivity contribution in [1.82, 2.24) is 5.32 Å². The largest absolute Gasteiger partial charge is 0.394 e. The molecule has 72 heavy (non-hydrogen) atoms. The first-order valence-electron chi connectivity index (χ1n) is 28.5. The zero-order chi connectivity index (χ0) is 52.4. The van der Waals surface area contributed by atoms with Crippen molar-refractivity contribution >= 4 is 5.91 Å². The first-order valence-corrected chi connectivity index (χ1v) is 28.5. The number of amides is 1. The summed E-state index contributed by atoms with van der Waals surface area (Å²) in [6, 6.07) is -0.941. The Morgan fingerprint density at radius 1 is 0.500 bits per heavy atom. The average molecular weight is 1020 g/mol.